The fourth-order valence-electron chi connectivity index (χ4n) is 1.50. The lowest BCUT2D eigenvalue weighted by Gasteiger charge is -2.14. The average molecular weight is 286 g/mol. The second kappa shape index (κ2) is 7.85. The Morgan fingerprint density at radius 3 is 2.38 bits per heavy atom. The van der Waals surface area contributed by atoms with Gasteiger partial charge < -0.3 is 10.1 Å². The molecule has 0 aliphatic carbocycles. The molecule has 21 heavy (non-hydrogen) atoms. The highest BCUT2D eigenvalue weighted by atomic mass is 16.5. The first-order valence-electron chi connectivity index (χ1n) is 6.61. The minimum atomic E-state index is -0.842. The van der Waals surface area contributed by atoms with Crippen molar-refractivity contribution < 1.29 is 14.3 Å². The Morgan fingerprint density at radius 1 is 1.24 bits per heavy atom. The zero-order valence-electron chi connectivity index (χ0n) is 12.3. The van der Waals surface area contributed by atoms with E-state index in [-0.39, 0.29) is 11.9 Å². The van der Waals surface area contributed by atoms with E-state index in [1.165, 1.54) is 13.0 Å². The number of hydrogen-bond donors (Lipinski definition) is 1. The van der Waals surface area contributed by atoms with Crippen LogP contribution in [0, 0.1) is 11.3 Å². The Labute approximate surface area is 124 Å². The van der Waals surface area contributed by atoms with Crippen LogP contribution in [0.25, 0.3) is 6.08 Å². The van der Waals surface area contributed by atoms with Crippen molar-refractivity contribution in [2.45, 2.75) is 32.9 Å². The number of esters is 1. The molecule has 0 saturated heterocycles. The zero-order chi connectivity index (χ0) is 15.8. The number of carbonyl (C=O) groups excluding carboxylic acids is 2. The monoisotopic (exact) mass is 286 g/mol. The lowest BCUT2D eigenvalue weighted by atomic mass is 10.1. The molecule has 0 aliphatic rings. The molecule has 0 bridgehead atoms. The van der Waals surface area contributed by atoms with Crippen molar-refractivity contribution in [1.29, 1.82) is 5.26 Å². The van der Waals surface area contributed by atoms with Crippen molar-refractivity contribution in [1.82, 2.24) is 5.32 Å². The topological polar surface area (TPSA) is 79.2 Å². The molecule has 0 aliphatic heterocycles. The van der Waals surface area contributed by atoms with Crippen LogP contribution in [0.5, 0.6) is 0 Å². The van der Waals surface area contributed by atoms with E-state index >= 15 is 0 Å². The maximum atomic E-state index is 11.6. The number of nitriles is 1. The van der Waals surface area contributed by atoms with Gasteiger partial charge in [-0.25, -0.2) is 4.79 Å². The molecule has 1 atom stereocenters. The predicted molar refractivity (Wildman–Crippen MR) is 79.0 cm³/mol. The summed E-state index contributed by atoms with van der Waals surface area (Å²) in [5.74, 6) is -0.920. The van der Waals surface area contributed by atoms with E-state index in [9.17, 15) is 9.59 Å². The largest absolute Gasteiger partial charge is 0.449 e. The lowest BCUT2D eigenvalue weighted by Crippen LogP contribution is -2.39. The number of amides is 1. The molecule has 110 valence electrons. The number of benzene rings is 1. The molecule has 1 aromatic carbocycles. The maximum absolute atomic E-state index is 11.6. The molecule has 0 aromatic heterocycles. The minimum Gasteiger partial charge on any atom is -0.449 e. The van der Waals surface area contributed by atoms with Crippen LogP contribution >= 0.6 is 0 Å². The smallest absolute Gasteiger partial charge is 0.331 e. The van der Waals surface area contributed by atoms with E-state index in [4.69, 9.17) is 10.00 Å². The van der Waals surface area contributed by atoms with Crippen molar-refractivity contribution in [2.75, 3.05) is 0 Å². The summed E-state index contributed by atoms with van der Waals surface area (Å²) in [5, 5.41) is 11.3. The molecule has 0 heterocycles. The number of carbonyl (C=O) groups is 2. The van der Waals surface area contributed by atoms with Crippen molar-refractivity contribution in [3.8, 4) is 6.07 Å². The molecule has 1 rings (SSSR count). The summed E-state index contributed by atoms with van der Waals surface area (Å²) in [6.45, 7) is 5.18. The quantitative estimate of drug-likeness (QED) is 0.663. The molecule has 1 aromatic rings. The first-order chi connectivity index (χ1) is 9.92. The number of rotatable bonds is 5. The molecule has 0 spiro atoms. The highest BCUT2D eigenvalue weighted by Gasteiger charge is 2.16. The Hall–Kier alpha value is -2.61. The molecule has 0 fully saturated rings. The highest BCUT2D eigenvalue weighted by Crippen LogP contribution is 2.05. The van der Waals surface area contributed by atoms with Gasteiger partial charge in [-0.3, -0.25) is 4.79 Å². The van der Waals surface area contributed by atoms with Gasteiger partial charge in [0.25, 0.3) is 5.91 Å². The number of ether oxygens (including phenoxy) is 1. The van der Waals surface area contributed by atoms with E-state index in [0.29, 0.717) is 5.56 Å². The molecular formula is C16H18N2O3. The van der Waals surface area contributed by atoms with E-state index in [1.54, 1.807) is 30.3 Å². The van der Waals surface area contributed by atoms with Crippen LogP contribution in [-0.4, -0.2) is 24.0 Å². The van der Waals surface area contributed by atoms with Crippen LogP contribution < -0.4 is 5.32 Å². The van der Waals surface area contributed by atoms with Crippen LogP contribution in [0.2, 0.25) is 0 Å². The molecule has 0 unspecified atom stereocenters. The molecule has 0 saturated carbocycles. The van der Waals surface area contributed by atoms with Gasteiger partial charge in [0.05, 0.1) is 11.6 Å². The number of nitrogens with zero attached hydrogens (tertiary/aromatic N) is 1. The van der Waals surface area contributed by atoms with E-state index < -0.39 is 12.1 Å². The first kappa shape index (κ1) is 16.4. The van der Waals surface area contributed by atoms with Gasteiger partial charge in [0, 0.05) is 12.1 Å². The highest BCUT2D eigenvalue weighted by molar-refractivity contribution is 5.90. The van der Waals surface area contributed by atoms with Crippen LogP contribution in [0.4, 0.5) is 0 Å². The third-order valence-electron chi connectivity index (χ3n) is 2.54. The summed E-state index contributed by atoms with van der Waals surface area (Å²) < 4.78 is 4.99. The Balaban J connectivity index is 2.54. The van der Waals surface area contributed by atoms with Gasteiger partial charge in [0.2, 0.25) is 0 Å². The first-order valence-corrected chi connectivity index (χ1v) is 6.61. The van der Waals surface area contributed by atoms with Gasteiger partial charge in [0.1, 0.15) is 0 Å². The standard InChI is InChI=1S/C16H18N2O3/c1-11(2)18-16(20)12(3)21-15(19)9-8-13-4-6-14(10-17)7-5-13/h4-9,11-12H,1-3H3,(H,18,20)/b9-8+/t12-/m1/s1. The van der Waals surface area contributed by atoms with E-state index in [1.807, 2.05) is 19.9 Å². The molecule has 0 radical (unpaired) electrons. The molecule has 1 N–H and O–H groups in total. The van der Waals surface area contributed by atoms with Crippen LogP contribution in [-0.2, 0) is 14.3 Å². The predicted octanol–water partition coefficient (Wildman–Crippen LogP) is 2.03. The molecule has 5 nitrogen and oxygen atoms in total. The summed E-state index contributed by atoms with van der Waals surface area (Å²) in [7, 11) is 0. The Bertz CT molecular complexity index is 568. The maximum Gasteiger partial charge on any atom is 0.331 e. The molecular weight excluding hydrogens is 268 g/mol. The summed E-state index contributed by atoms with van der Waals surface area (Å²) in [4.78, 5) is 23.2. The summed E-state index contributed by atoms with van der Waals surface area (Å²) in [6.07, 6.45) is 1.97. The third-order valence-corrected chi connectivity index (χ3v) is 2.54. The van der Waals surface area contributed by atoms with Gasteiger partial charge in [-0.2, -0.15) is 5.26 Å². The van der Waals surface area contributed by atoms with Crippen molar-refractivity contribution in [2.24, 2.45) is 0 Å². The Morgan fingerprint density at radius 2 is 1.86 bits per heavy atom. The average Bonchev–Trinajstić information content (AvgIpc) is 2.44. The normalized spacial score (nSPS) is 12.0. The van der Waals surface area contributed by atoms with E-state index in [2.05, 4.69) is 5.32 Å². The lowest BCUT2D eigenvalue weighted by molar-refractivity contribution is -0.150. The van der Waals surface area contributed by atoms with Crippen molar-refractivity contribution in [3.63, 3.8) is 0 Å². The van der Waals surface area contributed by atoms with Gasteiger partial charge in [0.15, 0.2) is 6.10 Å². The van der Waals surface area contributed by atoms with Crippen LogP contribution in [0.1, 0.15) is 31.9 Å². The number of hydrogen-bond acceptors (Lipinski definition) is 4. The summed E-state index contributed by atoms with van der Waals surface area (Å²) in [6, 6.07) is 8.76. The fourth-order valence-corrected chi connectivity index (χ4v) is 1.50. The number of nitrogens with one attached hydrogen (secondary N) is 1. The van der Waals surface area contributed by atoms with Gasteiger partial charge in [-0.1, -0.05) is 12.1 Å². The van der Waals surface area contributed by atoms with Crippen molar-refractivity contribution in [3.05, 3.63) is 41.5 Å². The van der Waals surface area contributed by atoms with Gasteiger partial charge in [-0.15, -0.1) is 0 Å². The minimum absolute atomic E-state index is 0.00663. The Kier molecular flexibility index (Phi) is 6.15. The third kappa shape index (κ3) is 5.91. The molecule has 5 heteroatoms. The van der Waals surface area contributed by atoms with Crippen LogP contribution in [0.15, 0.2) is 30.3 Å². The summed E-state index contributed by atoms with van der Waals surface area (Å²) >= 11 is 0. The second-order valence-corrected chi connectivity index (χ2v) is 4.81. The van der Waals surface area contributed by atoms with Gasteiger partial charge >= 0.3 is 5.97 Å². The SMILES string of the molecule is CC(C)NC(=O)[C@@H](C)OC(=O)/C=C/c1ccc(C#N)cc1. The fraction of sp³-hybridized carbons (Fsp3) is 0.312. The van der Waals surface area contributed by atoms with E-state index in [0.717, 1.165) is 5.56 Å². The van der Waals surface area contributed by atoms with Gasteiger partial charge in [-0.05, 0) is 44.5 Å². The van der Waals surface area contributed by atoms with Crippen LogP contribution in [0.3, 0.4) is 0 Å². The summed E-state index contributed by atoms with van der Waals surface area (Å²) in [5.41, 5.74) is 1.32. The zero-order valence-corrected chi connectivity index (χ0v) is 12.3. The second-order valence-electron chi connectivity index (χ2n) is 4.81. The van der Waals surface area contributed by atoms with Crippen molar-refractivity contribution >= 4 is 18.0 Å². The molecule has 1 amide bonds.